The third-order valence-electron chi connectivity index (χ3n) is 2.82. The standard InChI is InChI=1S/C11H8N8O/c12-11-16-15-9-7(13-6-4-2-1-3-5-6)14-8-10(19(9)11)18-20-17-8/h1-5H,(H2,12,16)(H,13,14,17). The predicted octanol–water partition coefficient (Wildman–Crippen LogP) is 0.986. The number of fused-ring (bicyclic) bond motifs is 3. The Balaban J connectivity index is 1.97. The fourth-order valence-corrected chi connectivity index (χ4v) is 1.95. The number of aromatic nitrogens is 6. The van der Waals surface area contributed by atoms with E-state index in [0.717, 1.165) is 5.69 Å². The van der Waals surface area contributed by atoms with Gasteiger partial charge in [-0.25, -0.2) is 14.0 Å². The van der Waals surface area contributed by atoms with Crippen molar-refractivity contribution in [2.24, 2.45) is 0 Å². The van der Waals surface area contributed by atoms with Crippen molar-refractivity contribution < 1.29 is 4.63 Å². The average Bonchev–Trinajstić information content (AvgIpc) is 3.06. The molecule has 0 aliphatic carbocycles. The minimum absolute atomic E-state index is 0.194. The molecule has 0 unspecified atom stereocenters. The molecule has 98 valence electrons. The van der Waals surface area contributed by atoms with Crippen LogP contribution in [0.3, 0.4) is 0 Å². The first-order valence-electron chi connectivity index (χ1n) is 5.78. The van der Waals surface area contributed by atoms with E-state index in [2.05, 4.69) is 35.4 Å². The van der Waals surface area contributed by atoms with Crippen LogP contribution in [0.25, 0.3) is 16.9 Å². The van der Waals surface area contributed by atoms with Crippen molar-refractivity contribution in [3.05, 3.63) is 30.3 Å². The van der Waals surface area contributed by atoms with Crippen LogP contribution in [-0.2, 0) is 0 Å². The molecule has 0 spiro atoms. The molecule has 3 heterocycles. The molecule has 0 saturated carbocycles. The Morgan fingerprint density at radius 3 is 2.75 bits per heavy atom. The summed E-state index contributed by atoms with van der Waals surface area (Å²) in [6.45, 7) is 0. The van der Waals surface area contributed by atoms with Gasteiger partial charge in [0.1, 0.15) is 0 Å². The van der Waals surface area contributed by atoms with Crippen LogP contribution in [0.2, 0.25) is 0 Å². The Hall–Kier alpha value is -3.23. The molecule has 9 heteroatoms. The molecule has 20 heavy (non-hydrogen) atoms. The molecule has 0 saturated heterocycles. The van der Waals surface area contributed by atoms with Crippen molar-refractivity contribution in [3.8, 4) is 0 Å². The average molecular weight is 268 g/mol. The minimum atomic E-state index is 0.194. The summed E-state index contributed by atoms with van der Waals surface area (Å²) in [5.41, 5.74) is 7.80. The maximum atomic E-state index is 5.79. The van der Waals surface area contributed by atoms with E-state index < -0.39 is 0 Å². The zero-order valence-electron chi connectivity index (χ0n) is 10.1. The van der Waals surface area contributed by atoms with Gasteiger partial charge in [-0.15, -0.1) is 10.2 Å². The SMILES string of the molecule is Nc1nnc2c(Nc3ccccc3)nc3nonc3n12. The number of nitrogens with zero attached hydrogens (tertiary/aromatic N) is 6. The van der Waals surface area contributed by atoms with E-state index in [1.165, 1.54) is 4.40 Å². The van der Waals surface area contributed by atoms with Crippen molar-refractivity contribution in [1.29, 1.82) is 0 Å². The zero-order valence-corrected chi connectivity index (χ0v) is 10.1. The maximum Gasteiger partial charge on any atom is 0.244 e. The fraction of sp³-hybridized carbons (Fsp3) is 0. The third-order valence-corrected chi connectivity index (χ3v) is 2.82. The van der Waals surface area contributed by atoms with Crippen LogP contribution < -0.4 is 11.1 Å². The van der Waals surface area contributed by atoms with Crippen molar-refractivity contribution in [3.63, 3.8) is 0 Å². The first-order valence-corrected chi connectivity index (χ1v) is 5.78. The van der Waals surface area contributed by atoms with Crippen LogP contribution >= 0.6 is 0 Å². The molecule has 4 rings (SSSR count). The molecule has 0 aliphatic heterocycles. The van der Waals surface area contributed by atoms with Gasteiger partial charge >= 0.3 is 0 Å². The fourth-order valence-electron chi connectivity index (χ4n) is 1.95. The van der Waals surface area contributed by atoms with Crippen LogP contribution in [-0.4, -0.2) is 29.9 Å². The molecule has 0 bridgehead atoms. The highest BCUT2D eigenvalue weighted by atomic mass is 16.6. The second-order valence-corrected chi connectivity index (χ2v) is 4.08. The lowest BCUT2D eigenvalue weighted by molar-refractivity contribution is 0.314. The topological polar surface area (TPSA) is 120 Å². The van der Waals surface area contributed by atoms with E-state index in [1.807, 2.05) is 30.3 Å². The van der Waals surface area contributed by atoms with Gasteiger partial charge < -0.3 is 11.1 Å². The van der Waals surface area contributed by atoms with Crippen LogP contribution in [0, 0.1) is 0 Å². The van der Waals surface area contributed by atoms with Crippen LogP contribution in [0.1, 0.15) is 0 Å². The number of nitrogens with one attached hydrogen (secondary N) is 1. The van der Waals surface area contributed by atoms with Crippen LogP contribution in [0.5, 0.6) is 0 Å². The highest BCUT2D eigenvalue weighted by Crippen LogP contribution is 2.23. The normalized spacial score (nSPS) is 11.2. The van der Waals surface area contributed by atoms with E-state index in [9.17, 15) is 0 Å². The first-order chi connectivity index (χ1) is 9.83. The van der Waals surface area contributed by atoms with Gasteiger partial charge in [0, 0.05) is 5.69 Å². The number of nitrogen functional groups attached to an aromatic ring is 1. The smallest absolute Gasteiger partial charge is 0.244 e. The summed E-state index contributed by atoms with van der Waals surface area (Å²) >= 11 is 0. The summed E-state index contributed by atoms with van der Waals surface area (Å²) in [6, 6.07) is 9.56. The summed E-state index contributed by atoms with van der Waals surface area (Å²) < 4.78 is 6.21. The number of hydrogen-bond acceptors (Lipinski definition) is 8. The molecule has 3 aromatic heterocycles. The lowest BCUT2D eigenvalue weighted by Gasteiger charge is -2.05. The van der Waals surface area contributed by atoms with Crippen molar-refractivity contribution in [1.82, 2.24) is 29.9 Å². The van der Waals surface area contributed by atoms with Crippen LogP contribution in [0.15, 0.2) is 35.0 Å². The van der Waals surface area contributed by atoms with Gasteiger partial charge in [-0.1, -0.05) is 18.2 Å². The van der Waals surface area contributed by atoms with Crippen molar-refractivity contribution >= 4 is 34.4 Å². The number of rotatable bonds is 2. The predicted molar refractivity (Wildman–Crippen MR) is 70.3 cm³/mol. The second-order valence-electron chi connectivity index (χ2n) is 4.08. The van der Waals surface area contributed by atoms with Crippen molar-refractivity contribution in [2.45, 2.75) is 0 Å². The summed E-state index contributed by atoms with van der Waals surface area (Å²) in [7, 11) is 0. The van der Waals surface area contributed by atoms with Crippen molar-refractivity contribution in [2.75, 3.05) is 11.1 Å². The van der Waals surface area contributed by atoms with E-state index in [1.54, 1.807) is 0 Å². The Bertz CT molecular complexity index is 897. The Morgan fingerprint density at radius 1 is 1.05 bits per heavy atom. The molecule has 0 amide bonds. The summed E-state index contributed by atoms with van der Waals surface area (Å²) in [6.07, 6.45) is 0. The van der Waals surface area contributed by atoms with Gasteiger partial charge in [-0.05, 0) is 22.4 Å². The zero-order chi connectivity index (χ0) is 13.5. The summed E-state index contributed by atoms with van der Waals surface area (Å²) in [5, 5.41) is 18.4. The van der Waals surface area contributed by atoms with E-state index in [-0.39, 0.29) is 5.95 Å². The first kappa shape index (κ1) is 10.7. The third kappa shape index (κ3) is 1.46. The molecule has 9 nitrogen and oxygen atoms in total. The molecule has 0 radical (unpaired) electrons. The van der Waals surface area contributed by atoms with Gasteiger partial charge in [-0.2, -0.15) is 0 Å². The largest absolute Gasteiger partial charge is 0.368 e. The van der Waals surface area contributed by atoms with Crippen LogP contribution in [0.4, 0.5) is 17.5 Å². The lowest BCUT2D eigenvalue weighted by atomic mass is 10.3. The number of hydrogen-bond donors (Lipinski definition) is 2. The van der Waals surface area contributed by atoms with E-state index >= 15 is 0 Å². The Morgan fingerprint density at radius 2 is 1.90 bits per heavy atom. The van der Waals surface area contributed by atoms with Gasteiger partial charge in [0.25, 0.3) is 0 Å². The van der Waals surface area contributed by atoms with Gasteiger partial charge in [-0.3, -0.25) is 0 Å². The monoisotopic (exact) mass is 268 g/mol. The molecule has 4 aromatic rings. The lowest BCUT2D eigenvalue weighted by Crippen LogP contribution is -2.02. The summed E-state index contributed by atoms with van der Waals surface area (Å²) in [4.78, 5) is 4.31. The highest BCUT2D eigenvalue weighted by Gasteiger charge is 2.17. The molecule has 0 atom stereocenters. The number of para-hydroxylation sites is 1. The van der Waals surface area contributed by atoms with Gasteiger partial charge in [0.2, 0.25) is 22.9 Å². The molecule has 1 aromatic carbocycles. The van der Waals surface area contributed by atoms with Gasteiger partial charge in [0.15, 0.2) is 5.82 Å². The Kier molecular flexibility index (Phi) is 2.07. The van der Waals surface area contributed by atoms with Gasteiger partial charge in [0.05, 0.1) is 0 Å². The number of benzene rings is 1. The van der Waals surface area contributed by atoms with E-state index in [4.69, 9.17) is 5.73 Å². The molecule has 0 fully saturated rings. The molecular weight excluding hydrogens is 260 g/mol. The van der Waals surface area contributed by atoms with E-state index in [0.29, 0.717) is 22.8 Å². The number of nitrogens with two attached hydrogens (primary N) is 1. The summed E-state index contributed by atoms with van der Waals surface area (Å²) in [5.74, 6) is 0.669. The maximum absolute atomic E-state index is 5.79. The second kappa shape index (κ2) is 3.88. The molecule has 3 N–H and O–H groups in total. The highest BCUT2D eigenvalue weighted by molar-refractivity contribution is 5.80. The molecular formula is C11H8N8O. The number of anilines is 3. The molecule has 0 aliphatic rings. The Labute approximate surface area is 111 Å². The quantitative estimate of drug-likeness (QED) is 0.552. The minimum Gasteiger partial charge on any atom is -0.368 e.